The van der Waals surface area contributed by atoms with Crippen molar-refractivity contribution in [2.45, 2.75) is 0 Å². The minimum absolute atomic E-state index is 0.210. The van der Waals surface area contributed by atoms with Gasteiger partial charge in [0.2, 0.25) is 0 Å². The first-order chi connectivity index (χ1) is 7.42. The fourth-order valence-electron chi connectivity index (χ4n) is 2.03. The molecule has 0 atom stereocenters. The zero-order chi connectivity index (χ0) is 10.3. The molecule has 0 spiro atoms. The fourth-order valence-corrected chi connectivity index (χ4v) is 3.99. The predicted octanol–water partition coefficient (Wildman–Crippen LogP) is 3.47. The van der Waals surface area contributed by atoms with Gasteiger partial charge in [0.15, 0.2) is 0 Å². The quantitative estimate of drug-likeness (QED) is 0.558. The van der Waals surface area contributed by atoms with E-state index < -0.39 is 0 Å². The molecular formula is C13H8ClRu. The molecule has 0 saturated heterocycles. The summed E-state index contributed by atoms with van der Waals surface area (Å²) in [5.41, 5.74) is 5.31. The Morgan fingerprint density at radius 3 is 1.47 bits per heavy atom. The predicted molar refractivity (Wildman–Crippen MR) is 60.9 cm³/mol. The van der Waals surface area contributed by atoms with Crippen molar-refractivity contribution >= 4 is 13.8 Å². The van der Waals surface area contributed by atoms with E-state index in [0.29, 0.717) is 0 Å². The summed E-state index contributed by atoms with van der Waals surface area (Å²) in [5.74, 6) is 0. The van der Waals surface area contributed by atoms with Crippen LogP contribution in [-0.4, -0.2) is 4.11 Å². The van der Waals surface area contributed by atoms with E-state index in [-0.39, 0.29) is 15.7 Å². The Morgan fingerprint density at radius 2 is 1.07 bits per heavy atom. The van der Waals surface area contributed by atoms with E-state index in [2.05, 4.69) is 48.5 Å². The zero-order valence-corrected chi connectivity index (χ0v) is 10.3. The molecule has 0 radical (unpaired) electrons. The summed E-state index contributed by atoms with van der Waals surface area (Å²) in [6.45, 7) is 0. The van der Waals surface area contributed by atoms with Gasteiger partial charge >= 0.3 is 100 Å². The van der Waals surface area contributed by atoms with Gasteiger partial charge in [-0.3, -0.25) is 0 Å². The maximum absolute atomic E-state index is 6.12. The van der Waals surface area contributed by atoms with Crippen molar-refractivity contribution in [2.24, 2.45) is 0 Å². The van der Waals surface area contributed by atoms with Crippen LogP contribution in [0.1, 0.15) is 11.1 Å². The number of rotatable bonds is 0. The van der Waals surface area contributed by atoms with Gasteiger partial charge in [0.05, 0.1) is 0 Å². The van der Waals surface area contributed by atoms with Crippen molar-refractivity contribution in [2.75, 3.05) is 0 Å². The van der Waals surface area contributed by atoms with Crippen molar-refractivity contribution in [1.82, 2.24) is 0 Å². The van der Waals surface area contributed by atoms with Gasteiger partial charge in [0.25, 0.3) is 0 Å². The Kier molecular flexibility index (Phi) is 2.31. The van der Waals surface area contributed by atoms with Crippen molar-refractivity contribution in [3.05, 3.63) is 59.7 Å². The number of hydrogen-bond acceptors (Lipinski definition) is 0. The SMILES string of the molecule is [Cl][Ru]=[C]1c2ccccc2-c2ccccc21. The third-order valence-corrected chi connectivity index (χ3v) is 4.73. The summed E-state index contributed by atoms with van der Waals surface area (Å²) in [5, 5.41) is 0. The molecule has 0 nitrogen and oxygen atoms in total. The molecule has 1 aliphatic rings. The topological polar surface area (TPSA) is 0 Å². The van der Waals surface area contributed by atoms with Gasteiger partial charge in [-0.25, -0.2) is 0 Å². The molecule has 3 rings (SSSR count). The Balaban J connectivity index is 2.41. The summed E-state index contributed by atoms with van der Waals surface area (Å²) >= 11 is -0.210. The van der Waals surface area contributed by atoms with Crippen molar-refractivity contribution in [1.29, 1.82) is 0 Å². The van der Waals surface area contributed by atoms with E-state index >= 15 is 0 Å². The van der Waals surface area contributed by atoms with Gasteiger partial charge in [-0.05, 0) is 0 Å². The van der Waals surface area contributed by atoms with Crippen molar-refractivity contribution < 1.29 is 15.7 Å². The molecule has 0 aliphatic heterocycles. The van der Waals surface area contributed by atoms with Crippen LogP contribution in [0.3, 0.4) is 0 Å². The van der Waals surface area contributed by atoms with Crippen LogP contribution in [0.4, 0.5) is 0 Å². The summed E-state index contributed by atoms with van der Waals surface area (Å²) in [6.07, 6.45) is 0. The van der Waals surface area contributed by atoms with Gasteiger partial charge in [0.1, 0.15) is 0 Å². The maximum atomic E-state index is 6.12. The molecular weight excluding hydrogens is 293 g/mol. The molecule has 0 aromatic heterocycles. The number of fused-ring (bicyclic) bond motifs is 3. The van der Waals surface area contributed by atoms with Crippen LogP contribution in [0.15, 0.2) is 48.5 Å². The first-order valence-electron chi connectivity index (χ1n) is 4.72. The molecule has 0 N–H and O–H groups in total. The Hall–Kier alpha value is -0.777. The summed E-state index contributed by atoms with van der Waals surface area (Å²) in [6, 6.07) is 17.0. The Bertz CT molecular complexity index is 510. The van der Waals surface area contributed by atoms with Gasteiger partial charge < -0.3 is 0 Å². The number of halogens is 1. The third kappa shape index (κ3) is 1.34. The van der Waals surface area contributed by atoms with E-state index in [9.17, 15) is 0 Å². The first kappa shape index (κ1) is 9.45. The van der Waals surface area contributed by atoms with Crippen molar-refractivity contribution in [3.8, 4) is 11.1 Å². The molecule has 0 saturated carbocycles. The summed E-state index contributed by atoms with van der Waals surface area (Å²) in [4.78, 5) is 0. The molecule has 75 valence electrons. The second-order valence-corrected chi connectivity index (χ2v) is 5.45. The monoisotopic (exact) mass is 301 g/mol. The fraction of sp³-hybridized carbons (Fsp3) is 0. The van der Waals surface area contributed by atoms with Gasteiger partial charge in [-0.2, -0.15) is 0 Å². The van der Waals surface area contributed by atoms with Gasteiger partial charge in [-0.1, -0.05) is 0 Å². The number of benzene rings is 2. The van der Waals surface area contributed by atoms with Crippen LogP contribution in [0.2, 0.25) is 0 Å². The normalized spacial score (nSPS) is 12.5. The van der Waals surface area contributed by atoms with Gasteiger partial charge in [0, 0.05) is 0 Å². The molecule has 0 unspecified atom stereocenters. The zero-order valence-electron chi connectivity index (χ0n) is 7.85. The van der Waals surface area contributed by atoms with Crippen LogP contribution in [0.5, 0.6) is 0 Å². The molecule has 2 heteroatoms. The molecule has 15 heavy (non-hydrogen) atoms. The standard InChI is InChI=1S/C13H8.ClH.Ru/c1-3-7-12-10(5-1)9-11-6-2-4-8-13(11)12;;/h1-8H;1H;/q;;+1/p-1. The Labute approximate surface area is 100 Å². The summed E-state index contributed by atoms with van der Waals surface area (Å²) in [7, 11) is 6.12. The van der Waals surface area contributed by atoms with Crippen LogP contribution in [0.25, 0.3) is 11.1 Å². The molecule has 1 aliphatic carbocycles. The van der Waals surface area contributed by atoms with Crippen LogP contribution in [0, 0.1) is 0 Å². The van der Waals surface area contributed by atoms with E-state index in [1.165, 1.54) is 26.4 Å². The van der Waals surface area contributed by atoms with Crippen LogP contribution in [-0.2, 0) is 15.7 Å². The number of hydrogen-bond donors (Lipinski definition) is 0. The second-order valence-electron chi connectivity index (χ2n) is 3.46. The van der Waals surface area contributed by atoms with Gasteiger partial charge in [-0.15, -0.1) is 0 Å². The van der Waals surface area contributed by atoms with E-state index in [1.54, 1.807) is 0 Å². The average molecular weight is 301 g/mol. The molecule has 2 aromatic carbocycles. The van der Waals surface area contributed by atoms with E-state index in [4.69, 9.17) is 9.69 Å². The van der Waals surface area contributed by atoms with E-state index in [1.807, 2.05) is 0 Å². The molecule has 0 amide bonds. The molecule has 0 heterocycles. The first-order valence-corrected chi connectivity index (χ1v) is 7.82. The average Bonchev–Trinajstić information content (AvgIpc) is 2.63. The van der Waals surface area contributed by atoms with E-state index in [0.717, 1.165) is 0 Å². The van der Waals surface area contributed by atoms with Crippen LogP contribution < -0.4 is 0 Å². The Morgan fingerprint density at radius 1 is 0.667 bits per heavy atom. The second kappa shape index (κ2) is 3.66. The summed E-state index contributed by atoms with van der Waals surface area (Å²) < 4.78 is 1.34. The minimum atomic E-state index is -0.210. The van der Waals surface area contributed by atoms with Crippen molar-refractivity contribution in [3.63, 3.8) is 0 Å². The third-order valence-electron chi connectivity index (χ3n) is 2.67. The molecule has 2 aromatic rings. The molecule has 0 fully saturated rings. The van der Waals surface area contributed by atoms with Crippen LogP contribution >= 0.6 is 9.69 Å². The molecule has 0 bridgehead atoms.